The molecule has 3 aromatic carbocycles. The SMILES string of the molecule is CC(C)N1CCC(c2cccc3ccc(OC(c4ccsn4)c4ccccc4Cl)cc23)CC1. The first-order chi connectivity index (χ1) is 16.1. The van der Waals surface area contributed by atoms with Gasteiger partial charge in [0.2, 0.25) is 0 Å². The highest BCUT2D eigenvalue weighted by atomic mass is 35.5. The lowest BCUT2D eigenvalue weighted by Crippen LogP contribution is -2.37. The Balaban J connectivity index is 1.48. The molecule has 170 valence electrons. The van der Waals surface area contributed by atoms with E-state index >= 15 is 0 Å². The lowest BCUT2D eigenvalue weighted by atomic mass is 9.86. The first-order valence-corrected chi connectivity index (χ1v) is 12.9. The largest absolute Gasteiger partial charge is 0.479 e. The third kappa shape index (κ3) is 4.79. The molecule has 5 rings (SSSR count). The molecule has 1 aliphatic rings. The van der Waals surface area contributed by atoms with Crippen molar-refractivity contribution in [3.05, 3.63) is 94.0 Å². The fourth-order valence-electron chi connectivity index (χ4n) is 4.90. The van der Waals surface area contributed by atoms with Gasteiger partial charge in [0.15, 0.2) is 6.10 Å². The molecule has 1 aromatic heterocycles. The summed E-state index contributed by atoms with van der Waals surface area (Å²) < 4.78 is 11.1. The van der Waals surface area contributed by atoms with Crippen molar-refractivity contribution in [2.45, 2.75) is 44.8 Å². The van der Waals surface area contributed by atoms with Gasteiger partial charge >= 0.3 is 0 Å². The van der Waals surface area contributed by atoms with Crippen LogP contribution in [0.1, 0.15) is 55.5 Å². The molecule has 0 bridgehead atoms. The molecule has 1 unspecified atom stereocenters. The average molecular weight is 477 g/mol. The van der Waals surface area contributed by atoms with Crippen LogP contribution in [-0.4, -0.2) is 28.4 Å². The monoisotopic (exact) mass is 476 g/mol. The van der Waals surface area contributed by atoms with E-state index < -0.39 is 0 Å². The summed E-state index contributed by atoms with van der Waals surface area (Å²) in [5.41, 5.74) is 3.24. The Morgan fingerprint density at radius 3 is 2.55 bits per heavy atom. The highest BCUT2D eigenvalue weighted by molar-refractivity contribution is 7.03. The topological polar surface area (TPSA) is 25.4 Å². The Labute approximate surface area is 205 Å². The molecule has 1 fully saturated rings. The van der Waals surface area contributed by atoms with Crippen LogP contribution >= 0.6 is 23.1 Å². The Bertz CT molecular complexity index is 1220. The molecule has 0 spiro atoms. The van der Waals surface area contributed by atoms with E-state index in [-0.39, 0.29) is 6.10 Å². The maximum atomic E-state index is 6.58. The highest BCUT2D eigenvalue weighted by Crippen LogP contribution is 2.37. The molecule has 1 saturated heterocycles. The normalized spacial score (nSPS) is 16.4. The summed E-state index contributed by atoms with van der Waals surface area (Å²) in [4.78, 5) is 2.58. The van der Waals surface area contributed by atoms with Crippen molar-refractivity contribution in [3.63, 3.8) is 0 Å². The molecule has 3 nitrogen and oxygen atoms in total. The molecule has 4 aromatic rings. The van der Waals surface area contributed by atoms with Crippen LogP contribution in [0.15, 0.2) is 72.1 Å². The quantitative estimate of drug-likeness (QED) is 0.285. The molecular weight excluding hydrogens is 448 g/mol. The van der Waals surface area contributed by atoms with Gasteiger partial charge in [-0.05, 0) is 97.8 Å². The number of fused-ring (bicyclic) bond motifs is 1. The van der Waals surface area contributed by atoms with Crippen LogP contribution in [-0.2, 0) is 0 Å². The van der Waals surface area contributed by atoms with E-state index in [0.29, 0.717) is 17.0 Å². The van der Waals surface area contributed by atoms with E-state index in [0.717, 1.165) is 30.1 Å². The molecule has 1 atom stereocenters. The lowest BCUT2D eigenvalue weighted by molar-refractivity contribution is 0.172. The third-order valence-corrected chi connectivity index (χ3v) is 7.67. The number of aromatic nitrogens is 1. The number of nitrogens with zero attached hydrogens (tertiary/aromatic N) is 2. The maximum Gasteiger partial charge on any atom is 0.168 e. The zero-order valence-corrected chi connectivity index (χ0v) is 20.6. The average Bonchev–Trinajstić information content (AvgIpc) is 3.37. The number of benzene rings is 3. The molecule has 0 saturated carbocycles. The van der Waals surface area contributed by atoms with Gasteiger partial charge in [0.05, 0.1) is 5.69 Å². The van der Waals surface area contributed by atoms with E-state index in [1.165, 1.54) is 40.7 Å². The van der Waals surface area contributed by atoms with Gasteiger partial charge in [-0.2, -0.15) is 4.37 Å². The van der Waals surface area contributed by atoms with Gasteiger partial charge in [-0.25, -0.2) is 0 Å². The van der Waals surface area contributed by atoms with Crippen molar-refractivity contribution >= 4 is 33.9 Å². The van der Waals surface area contributed by atoms with E-state index in [9.17, 15) is 0 Å². The Morgan fingerprint density at radius 1 is 1.00 bits per heavy atom. The second kappa shape index (κ2) is 9.84. The van der Waals surface area contributed by atoms with Crippen molar-refractivity contribution < 1.29 is 4.74 Å². The van der Waals surface area contributed by atoms with Crippen LogP contribution in [0.25, 0.3) is 10.8 Å². The molecule has 2 heterocycles. The summed E-state index contributed by atoms with van der Waals surface area (Å²) in [6.07, 6.45) is 2.05. The van der Waals surface area contributed by atoms with Crippen molar-refractivity contribution in [2.24, 2.45) is 0 Å². The van der Waals surface area contributed by atoms with Crippen LogP contribution in [0.2, 0.25) is 5.02 Å². The van der Waals surface area contributed by atoms with Crippen molar-refractivity contribution in [3.8, 4) is 5.75 Å². The number of hydrogen-bond donors (Lipinski definition) is 0. The summed E-state index contributed by atoms with van der Waals surface area (Å²) in [5.74, 6) is 1.42. The fraction of sp³-hybridized carbons (Fsp3) is 0.321. The van der Waals surface area contributed by atoms with Crippen LogP contribution in [0.5, 0.6) is 5.75 Å². The summed E-state index contributed by atoms with van der Waals surface area (Å²) >= 11 is 7.98. The Morgan fingerprint density at radius 2 is 1.82 bits per heavy atom. The van der Waals surface area contributed by atoms with Crippen molar-refractivity contribution in [1.29, 1.82) is 0 Å². The lowest BCUT2D eigenvalue weighted by Gasteiger charge is -2.35. The first-order valence-electron chi connectivity index (χ1n) is 11.7. The maximum absolute atomic E-state index is 6.58. The number of halogens is 1. The van der Waals surface area contributed by atoms with E-state index in [2.05, 4.69) is 59.5 Å². The predicted octanol–water partition coefficient (Wildman–Crippen LogP) is 7.71. The van der Waals surface area contributed by atoms with Gasteiger partial charge in [-0.1, -0.05) is 54.1 Å². The van der Waals surface area contributed by atoms with Gasteiger partial charge in [0.25, 0.3) is 0 Å². The summed E-state index contributed by atoms with van der Waals surface area (Å²) in [7, 11) is 0. The number of hydrogen-bond acceptors (Lipinski definition) is 4. The zero-order valence-electron chi connectivity index (χ0n) is 19.1. The zero-order chi connectivity index (χ0) is 22.8. The third-order valence-electron chi connectivity index (χ3n) is 6.76. The van der Waals surface area contributed by atoms with Gasteiger partial charge in [0.1, 0.15) is 5.75 Å². The number of piperidine rings is 1. The number of ether oxygens (including phenoxy) is 1. The highest BCUT2D eigenvalue weighted by Gasteiger charge is 2.24. The van der Waals surface area contributed by atoms with Crippen LogP contribution in [0, 0.1) is 0 Å². The smallest absolute Gasteiger partial charge is 0.168 e. The van der Waals surface area contributed by atoms with Crippen LogP contribution in [0.4, 0.5) is 0 Å². The molecule has 33 heavy (non-hydrogen) atoms. The Hall–Kier alpha value is -2.40. The number of likely N-dealkylation sites (tertiary alicyclic amines) is 1. The van der Waals surface area contributed by atoms with Crippen molar-refractivity contribution in [2.75, 3.05) is 13.1 Å². The van der Waals surface area contributed by atoms with Crippen LogP contribution in [0.3, 0.4) is 0 Å². The van der Waals surface area contributed by atoms with Gasteiger partial charge in [-0.15, -0.1) is 0 Å². The standard InChI is InChI=1S/C28H29ClN2OS/c1-19(2)31-15-12-21(13-16-31)23-8-5-6-20-10-11-22(18-25(20)23)32-28(27-14-17-33-30-27)24-7-3-4-9-26(24)29/h3-11,14,17-19,21,28H,12-13,15-16H2,1-2H3. The van der Waals surface area contributed by atoms with Gasteiger partial charge in [-0.3, -0.25) is 0 Å². The van der Waals surface area contributed by atoms with E-state index in [1.54, 1.807) is 0 Å². The second-order valence-corrected chi connectivity index (χ2v) is 10.2. The molecule has 0 radical (unpaired) electrons. The fourth-order valence-corrected chi connectivity index (χ4v) is 5.67. The summed E-state index contributed by atoms with van der Waals surface area (Å²) in [6, 6.07) is 23.6. The minimum absolute atomic E-state index is 0.344. The molecule has 0 amide bonds. The molecular formula is C28H29ClN2OS. The first kappa shape index (κ1) is 22.4. The molecule has 0 aliphatic carbocycles. The Kier molecular flexibility index (Phi) is 6.68. The predicted molar refractivity (Wildman–Crippen MR) is 139 cm³/mol. The summed E-state index contributed by atoms with van der Waals surface area (Å²) in [5, 5.41) is 5.21. The van der Waals surface area contributed by atoms with Crippen LogP contribution < -0.4 is 4.74 Å². The van der Waals surface area contributed by atoms with Crippen molar-refractivity contribution in [1.82, 2.24) is 9.27 Å². The van der Waals surface area contributed by atoms with E-state index in [4.69, 9.17) is 16.3 Å². The second-order valence-electron chi connectivity index (χ2n) is 9.08. The van der Waals surface area contributed by atoms with Gasteiger partial charge < -0.3 is 9.64 Å². The van der Waals surface area contributed by atoms with E-state index in [1.807, 2.05) is 35.7 Å². The minimum atomic E-state index is -0.344. The van der Waals surface area contributed by atoms with Gasteiger partial charge in [0, 0.05) is 22.0 Å². The molecule has 5 heteroatoms. The minimum Gasteiger partial charge on any atom is -0.479 e. The number of rotatable bonds is 6. The molecule has 0 N–H and O–H groups in total. The summed E-state index contributed by atoms with van der Waals surface area (Å²) in [6.45, 7) is 6.90. The molecule has 1 aliphatic heterocycles.